The van der Waals surface area contributed by atoms with Crippen molar-refractivity contribution in [2.24, 2.45) is 0 Å². The average Bonchev–Trinajstić information content (AvgIpc) is 2.78. The summed E-state index contributed by atoms with van der Waals surface area (Å²) in [6.07, 6.45) is 20.2. The number of benzene rings is 1. The molecule has 0 unspecified atom stereocenters. The predicted octanol–water partition coefficient (Wildman–Crippen LogP) is 11.0. The summed E-state index contributed by atoms with van der Waals surface area (Å²) in [5, 5.41) is 17.5. The molecule has 0 saturated carbocycles. The molecule has 0 bridgehead atoms. The van der Waals surface area contributed by atoms with Gasteiger partial charge in [-0.15, -0.1) is 0 Å². The van der Waals surface area contributed by atoms with E-state index in [1.54, 1.807) is 0 Å². The van der Waals surface area contributed by atoms with Gasteiger partial charge in [-0.05, 0) is 6.42 Å². The molecule has 0 aliphatic carbocycles. The zero-order valence-corrected chi connectivity index (χ0v) is 22.8. The lowest BCUT2D eigenvalue weighted by Crippen LogP contribution is -1.93. The molecule has 0 aliphatic heterocycles. The van der Waals surface area contributed by atoms with Crippen LogP contribution in [0.5, 0.6) is 5.75 Å². The molecule has 3 nitrogen and oxygen atoms in total. The number of rotatable bonds is 16. The van der Waals surface area contributed by atoms with Crippen LogP contribution >= 0.6 is 58.0 Å². The maximum absolute atomic E-state index is 10.3. The maximum Gasteiger partial charge on any atom is 0.303 e. The van der Waals surface area contributed by atoms with Crippen LogP contribution in [-0.2, 0) is 4.79 Å². The summed E-state index contributed by atoms with van der Waals surface area (Å²) >= 11 is 27.9. The Kier molecular flexibility index (Phi) is 20.3. The number of aromatic hydroxyl groups is 1. The van der Waals surface area contributed by atoms with Crippen LogP contribution in [0.3, 0.4) is 0 Å². The lowest BCUT2D eigenvalue weighted by molar-refractivity contribution is -0.137. The number of hydrogen-bond acceptors (Lipinski definition) is 2. The highest BCUT2D eigenvalue weighted by molar-refractivity contribution is 6.55. The summed E-state index contributed by atoms with van der Waals surface area (Å²) in [4.78, 5) is 10.3. The molecule has 0 fully saturated rings. The van der Waals surface area contributed by atoms with Gasteiger partial charge in [-0.3, -0.25) is 4.79 Å². The molecule has 0 atom stereocenters. The molecular formula is C24H37Cl5O3. The van der Waals surface area contributed by atoms with Crippen LogP contribution in [0.1, 0.15) is 110 Å². The van der Waals surface area contributed by atoms with Gasteiger partial charge in [0, 0.05) is 6.42 Å². The summed E-state index contributed by atoms with van der Waals surface area (Å²) in [7, 11) is 0. The fraction of sp³-hybridized carbons (Fsp3) is 0.708. The number of hydrogen-bond donors (Lipinski definition) is 2. The smallest absolute Gasteiger partial charge is 0.303 e. The third-order valence-electron chi connectivity index (χ3n) is 5.18. The van der Waals surface area contributed by atoms with Gasteiger partial charge < -0.3 is 10.2 Å². The van der Waals surface area contributed by atoms with Crippen molar-refractivity contribution in [2.75, 3.05) is 0 Å². The monoisotopic (exact) mass is 548 g/mol. The standard InChI is InChI=1S/C18H36O2.C6HCl5O/c1-2-3-4-5-6-7-8-9-10-11-12-13-14-15-16-17-18(19)20;7-1-2(8)4(10)6(12)5(11)3(1)9/h2-17H2,1H3,(H,19,20);12H. The Morgan fingerprint density at radius 3 is 1.16 bits per heavy atom. The molecule has 32 heavy (non-hydrogen) atoms. The second-order valence-electron chi connectivity index (χ2n) is 8.01. The van der Waals surface area contributed by atoms with Gasteiger partial charge in [0.1, 0.15) is 10.0 Å². The molecular weight excluding hydrogens is 514 g/mol. The number of carboxylic acids is 1. The first-order valence-corrected chi connectivity index (χ1v) is 13.5. The first-order valence-electron chi connectivity index (χ1n) is 11.7. The molecule has 0 saturated heterocycles. The Bertz CT molecular complexity index is 548. The molecule has 186 valence electrons. The molecule has 0 amide bonds. The Morgan fingerprint density at radius 2 is 0.844 bits per heavy atom. The number of carbonyl (C=O) groups is 1. The highest BCUT2D eigenvalue weighted by atomic mass is 35.5. The fourth-order valence-electron chi connectivity index (χ4n) is 3.24. The summed E-state index contributed by atoms with van der Waals surface area (Å²) in [6.45, 7) is 2.27. The summed E-state index contributed by atoms with van der Waals surface area (Å²) < 4.78 is 0. The first kappa shape index (κ1) is 31.9. The second kappa shape index (κ2) is 20.3. The van der Waals surface area contributed by atoms with E-state index in [9.17, 15) is 9.90 Å². The number of carboxylic acid groups (broad SMARTS) is 1. The van der Waals surface area contributed by atoms with E-state index in [-0.39, 0.29) is 30.9 Å². The molecule has 0 aliphatic rings. The lowest BCUT2D eigenvalue weighted by atomic mass is 10.0. The Hall–Kier alpha value is -0.0600. The van der Waals surface area contributed by atoms with E-state index in [4.69, 9.17) is 63.1 Å². The molecule has 1 rings (SSSR count). The molecule has 0 heterocycles. The van der Waals surface area contributed by atoms with Gasteiger partial charge in [0.05, 0.1) is 15.1 Å². The van der Waals surface area contributed by atoms with Crippen molar-refractivity contribution >= 4 is 64.0 Å². The van der Waals surface area contributed by atoms with E-state index in [1.165, 1.54) is 83.5 Å². The molecule has 8 heteroatoms. The Balaban J connectivity index is 0.000000677. The minimum absolute atomic E-state index is 0.00904. The number of phenolic OH excluding ortho intramolecular Hbond substituents is 1. The van der Waals surface area contributed by atoms with E-state index in [1.807, 2.05) is 0 Å². The fourth-order valence-corrected chi connectivity index (χ4v) is 4.37. The zero-order valence-electron chi connectivity index (χ0n) is 19.0. The SMILES string of the molecule is CCCCCCCCCCCCCCCCCC(=O)O.Oc1c(Cl)c(Cl)c(Cl)c(Cl)c1Cl. The molecule has 2 N–H and O–H groups in total. The third-order valence-corrected chi connectivity index (χ3v) is 7.44. The highest BCUT2D eigenvalue weighted by Gasteiger charge is 2.18. The molecule has 0 radical (unpaired) electrons. The van der Waals surface area contributed by atoms with Gasteiger partial charge in [0.15, 0.2) is 5.75 Å². The summed E-state index contributed by atoms with van der Waals surface area (Å²) in [5.74, 6) is -1.02. The second-order valence-corrected chi connectivity index (χ2v) is 9.90. The van der Waals surface area contributed by atoms with Crippen LogP contribution in [0.15, 0.2) is 0 Å². The van der Waals surface area contributed by atoms with Gasteiger partial charge >= 0.3 is 5.97 Å². The number of unbranched alkanes of at least 4 members (excludes halogenated alkanes) is 14. The number of aliphatic carboxylic acids is 1. The Morgan fingerprint density at radius 1 is 0.562 bits per heavy atom. The van der Waals surface area contributed by atoms with Crippen molar-refractivity contribution in [3.05, 3.63) is 25.1 Å². The van der Waals surface area contributed by atoms with Crippen LogP contribution in [0.25, 0.3) is 0 Å². The van der Waals surface area contributed by atoms with Crippen LogP contribution < -0.4 is 0 Å². The number of halogens is 5. The summed E-state index contributed by atoms with van der Waals surface area (Å²) in [6, 6.07) is 0. The van der Waals surface area contributed by atoms with E-state index in [2.05, 4.69) is 6.92 Å². The van der Waals surface area contributed by atoms with Gasteiger partial charge in [-0.2, -0.15) is 0 Å². The molecule has 1 aromatic rings. The highest BCUT2D eigenvalue weighted by Crippen LogP contribution is 2.47. The molecule has 0 aromatic heterocycles. The molecule has 0 spiro atoms. The minimum Gasteiger partial charge on any atom is -0.505 e. The Labute approximate surface area is 218 Å². The van der Waals surface area contributed by atoms with Crippen LogP contribution in [0.2, 0.25) is 25.1 Å². The maximum atomic E-state index is 10.3. The van der Waals surface area contributed by atoms with Crippen LogP contribution in [-0.4, -0.2) is 16.2 Å². The normalized spacial score (nSPS) is 10.7. The van der Waals surface area contributed by atoms with Gasteiger partial charge in [-0.25, -0.2) is 0 Å². The van der Waals surface area contributed by atoms with E-state index >= 15 is 0 Å². The van der Waals surface area contributed by atoms with Gasteiger partial charge in [-0.1, -0.05) is 155 Å². The topological polar surface area (TPSA) is 57.5 Å². The van der Waals surface area contributed by atoms with Crippen molar-refractivity contribution in [3.63, 3.8) is 0 Å². The van der Waals surface area contributed by atoms with Crippen molar-refractivity contribution in [1.82, 2.24) is 0 Å². The van der Waals surface area contributed by atoms with Gasteiger partial charge in [0.25, 0.3) is 0 Å². The summed E-state index contributed by atoms with van der Waals surface area (Å²) in [5.41, 5.74) is 0. The van der Waals surface area contributed by atoms with E-state index in [0.29, 0.717) is 6.42 Å². The van der Waals surface area contributed by atoms with Crippen molar-refractivity contribution in [1.29, 1.82) is 0 Å². The van der Waals surface area contributed by atoms with Crippen molar-refractivity contribution in [2.45, 2.75) is 110 Å². The van der Waals surface area contributed by atoms with E-state index in [0.717, 1.165) is 12.8 Å². The van der Waals surface area contributed by atoms with Crippen molar-refractivity contribution < 1.29 is 15.0 Å². The molecule has 1 aromatic carbocycles. The predicted molar refractivity (Wildman–Crippen MR) is 140 cm³/mol. The van der Waals surface area contributed by atoms with Crippen LogP contribution in [0.4, 0.5) is 0 Å². The largest absolute Gasteiger partial charge is 0.505 e. The number of phenols is 1. The van der Waals surface area contributed by atoms with Crippen molar-refractivity contribution in [3.8, 4) is 5.75 Å². The van der Waals surface area contributed by atoms with E-state index < -0.39 is 5.97 Å². The minimum atomic E-state index is -0.653. The quantitative estimate of drug-likeness (QED) is 0.122. The lowest BCUT2D eigenvalue weighted by Gasteiger charge is -2.06. The zero-order chi connectivity index (χ0) is 24.4. The van der Waals surface area contributed by atoms with Gasteiger partial charge in [0.2, 0.25) is 0 Å². The first-order chi connectivity index (χ1) is 15.2. The third kappa shape index (κ3) is 15.0. The van der Waals surface area contributed by atoms with Crippen LogP contribution in [0, 0.1) is 0 Å². The average molecular weight is 551 g/mol.